The number of nitrogens with zero attached hydrogens (tertiary/aromatic N) is 2. The average molecular weight is 398 g/mol. The van der Waals surface area contributed by atoms with E-state index in [1.165, 1.54) is 0 Å². The zero-order valence-corrected chi connectivity index (χ0v) is 16.5. The third kappa shape index (κ3) is 5.53. The van der Waals surface area contributed by atoms with Crippen LogP contribution in [0.25, 0.3) is 0 Å². The van der Waals surface area contributed by atoms with E-state index >= 15 is 0 Å². The Morgan fingerprint density at radius 1 is 1.04 bits per heavy atom. The normalized spacial score (nSPS) is 11.3. The van der Waals surface area contributed by atoms with Gasteiger partial charge in [0.2, 0.25) is 5.91 Å². The third-order valence-corrected chi connectivity index (χ3v) is 6.15. The molecule has 0 saturated heterocycles. The lowest BCUT2D eigenvalue weighted by molar-refractivity contribution is -0.120. The molecule has 0 aliphatic heterocycles. The van der Waals surface area contributed by atoms with E-state index in [1.54, 1.807) is 36.8 Å². The molecule has 0 aliphatic rings. The number of aromatic nitrogens is 2. The Balaban J connectivity index is 1.46. The number of benzene rings is 2. The minimum atomic E-state index is -3.45. The fraction of sp³-hybridized carbons (Fsp3) is 0.238. The summed E-state index contributed by atoms with van der Waals surface area (Å²) in [4.78, 5) is 16.3. The molecule has 7 heteroatoms. The average Bonchev–Trinajstić information content (AvgIpc) is 3.19. The first-order valence-corrected chi connectivity index (χ1v) is 10.7. The van der Waals surface area contributed by atoms with Crippen LogP contribution in [0.4, 0.5) is 0 Å². The van der Waals surface area contributed by atoms with Gasteiger partial charge in [-0.15, -0.1) is 0 Å². The lowest BCUT2D eigenvalue weighted by atomic mass is 10.1. The lowest BCUT2D eigenvalue weighted by Gasteiger charge is -2.08. The van der Waals surface area contributed by atoms with Crippen LogP contribution in [0.2, 0.25) is 0 Å². The molecule has 146 valence electrons. The molecule has 28 heavy (non-hydrogen) atoms. The highest BCUT2D eigenvalue weighted by Crippen LogP contribution is 2.13. The van der Waals surface area contributed by atoms with Crippen LogP contribution in [0.5, 0.6) is 0 Å². The van der Waals surface area contributed by atoms with Gasteiger partial charge in [-0.1, -0.05) is 42.0 Å². The van der Waals surface area contributed by atoms with Crippen molar-refractivity contribution in [2.45, 2.75) is 31.3 Å². The van der Waals surface area contributed by atoms with Crippen molar-refractivity contribution in [3.63, 3.8) is 0 Å². The summed E-state index contributed by atoms with van der Waals surface area (Å²) in [6.45, 7) is 3.01. The van der Waals surface area contributed by atoms with E-state index in [0.717, 1.165) is 23.2 Å². The largest absolute Gasteiger partial charge is 0.352 e. The first-order valence-electron chi connectivity index (χ1n) is 9.02. The summed E-state index contributed by atoms with van der Waals surface area (Å²) in [5.41, 5.74) is 3.09. The van der Waals surface area contributed by atoms with Gasteiger partial charge in [0.25, 0.3) is 0 Å². The molecule has 6 nitrogen and oxygen atoms in total. The smallest absolute Gasteiger partial charge is 0.221 e. The quantitative estimate of drug-likeness (QED) is 0.634. The molecule has 0 unspecified atom stereocenters. The summed E-state index contributed by atoms with van der Waals surface area (Å²) in [6.07, 6.45) is 5.34. The van der Waals surface area contributed by atoms with Crippen LogP contribution < -0.4 is 5.32 Å². The number of hydrogen-bond acceptors (Lipinski definition) is 4. The molecular weight excluding hydrogens is 374 g/mol. The molecule has 0 radical (unpaired) electrons. The van der Waals surface area contributed by atoms with Gasteiger partial charge < -0.3 is 9.88 Å². The SMILES string of the molecule is Cc1ccc(S(=O)(=O)CCC(=O)NCc2ccc(Cn3ccnc3)cc2)cc1. The highest BCUT2D eigenvalue weighted by molar-refractivity contribution is 7.91. The number of carbonyl (C=O) groups excluding carboxylic acids is 1. The van der Waals surface area contributed by atoms with Crippen molar-refractivity contribution in [3.8, 4) is 0 Å². The Hall–Kier alpha value is -2.93. The van der Waals surface area contributed by atoms with Gasteiger partial charge in [-0.05, 0) is 30.2 Å². The fourth-order valence-corrected chi connectivity index (χ4v) is 3.97. The van der Waals surface area contributed by atoms with Gasteiger partial charge >= 0.3 is 0 Å². The van der Waals surface area contributed by atoms with Crippen LogP contribution in [0.1, 0.15) is 23.1 Å². The Morgan fingerprint density at radius 3 is 2.36 bits per heavy atom. The number of aryl methyl sites for hydroxylation is 1. The number of rotatable bonds is 8. The maximum Gasteiger partial charge on any atom is 0.221 e. The van der Waals surface area contributed by atoms with Crippen molar-refractivity contribution in [3.05, 3.63) is 83.9 Å². The summed E-state index contributed by atoms with van der Waals surface area (Å²) in [5, 5.41) is 2.78. The molecule has 0 atom stereocenters. The maximum absolute atomic E-state index is 12.3. The molecule has 1 heterocycles. The van der Waals surface area contributed by atoms with Crippen molar-refractivity contribution < 1.29 is 13.2 Å². The highest BCUT2D eigenvalue weighted by atomic mass is 32.2. The van der Waals surface area contributed by atoms with E-state index in [2.05, 4.69) is 10.3 Å². The number of amides is 1. The highest BCUT2D eigenvalue weighted by Gasteiger charge is 2.16. The Labute approximate surface area is 165 Å². The van der Waals surface area contributed by atoms with E-state index < -0.39 is 9.84 Å². The number of hydrogen-bond donors (Lipinski definition) is 1. The number of nitrogens with one attached hydrogen (secondary N) is 1. The van der Waals surface area contributed by atoms with Crippen molar-refractivity contribution in [2.75, 3.05) is 5.75 Å². The summed E-state index contributed by atoms with van der Waals surface area (Å²) >= 11 is 0. The van der Waals surface area contributed by atoms with E-state index in [4.69, 9.17) is 0 Å². The van der Waals surface area contributed by atoms with E-state index in [9.17, 15) is 13.2 Å². The molecule has 0 spiro atoms. The number of carbonyl (C=O) groups is 1. The molecule has 1 amide bonds. The van der Waals surface area contributed by atoms with Crippen LogP contribution in [-0.2, 0) is 27.7 Å². The lowest BCUT2D eigenvalue weighted by Crippen LogP contribution is -2.25. The summed E-state index contributed by atoms with van der Waals surface area (Å²) in [7, 11) is -3.45. The van der Waals surface area contributed by atoms with Gasteiger partial charge in [-0.25, -0.2) is 13.4 Å². The van der Waals surface area contributed by atoms with Crippen molar-refractivity contribution in [2.24, 2.45) is 0 Å². The third-order valence-electron chi connectivity index (χ3n) is 4.41. The van der Waals surface area contributed by atoms with Gasteiger partial charge in [0.1, 0.15) is 0 Å². The zero-order valence-electron chi connectivity index (χ0n) is 15.7. The molecule has 3 rings (SSSR count). The molecule has 0 bridgehead atoms. The minimum absolute atomic E-state index is 0.0606. The first-order chi connectivity index (χ1) is 13.4. The van der Waals surface area contributed by atoms with Crippen molar-refractivity contribution >= 4 is 15.7 Å². The van der Waals surface area contributed by atoms with Crippen molar-refractivity contribution in [1.82, 2.24) is 14.9 Å². The Kier molecular flexibility index (Phi) is 6.26. The van der Waals surface area contributed by atoms with Crippen LogP contribution in [-0.4, -0.2) is 29.6 Å². The standard InChI is InChI=1S/C21H23N3O3S/c1-17-2-8-20(9-3-17)28(26,27)13-10-21(25)23-14-18-4-6-19(7-5-18)15-24-12-11-22-16-24/h2-9,11-12,16H,10,13-15H2,1H3,(H,23,25). The van der Waals surface area contributed by atoms with Crippen LogP contribution in [0.3, 0.4) is 0 Å². The zero-order chi connectivity index (χ0) is 20.0. The van der Waals surface area contributed by atoms with Gasteiger partial charge in [-0.2, -0.15) is 0 Å². The molecule has 0 fully saturated rings. The number of sulfone groups is 1. The second kappa shape index (κ2) is 8.84. The predicted octanol–water partition coefficient (Wildman–Crippen LogP) is 2.72. The topological polar surface area (TPSA) is 81.1 Å². The predicted molar refractivity (Wildman–Crippen MR) is 107 cm³/mol. The van der Waals surface area contributed by atoms with Gasteiger partial charge in [0.05, 0.1) is 17.0 Å². The second-order valence-electron chi connectivity index (χ2n) is 6.71. The molecule has 1 N–H and O–H groups in total. The van der Waals surface area contributed by atoms with Crippen molar-refractivity contribution in [1.29, 1.82) is 0 Å². The van der Waals surface area contributed by atoms with Gasteiger partial charge in [-0.3, -0.25) is 4.79 Å². The van der Waals surface area contributed by atoms with Gasteiger partial charge in [0.15, 0.2) is 9.84 Å². The van der Waals surface area contributed by atoms with Crippen LogP contribution >= 0.6 is 0 Å². The molecule has 0 saturated carbocycles. The summed E-state index contributed by atoms with van der Waals surface area (Å²) in [5.74, 6) is -0.482. The van der Waals surface area contributed by atoms with E-state index in [1.807, 2.05) is 42.0 Å². The molecule has 1 aromatic heterocycles. The first kappa shape index (κ1) is 19.8. The maximum atomic E-state index is 12.3. The van der Waals surface area contributed by atoms with E-state index in [0.29, 0.717) is 6.54 Å². The summed E-state index contributed by atoms with van der Waals surface area (Å²) in [6, 6.07) is 14.6. The molecule has 2 aromatic carbocycles. The fourth-order valence-electron chi connectivity index (χ4n) is 2.73. The van der Waals surface area contributed by atoms with E-state index in [-0.39, 0.29) is 23.0 Å². The monoisotopic (exact) mass is 397 g/mol. The van der Waals surface area contributed by atoms with Crippen LogP contribution in [0, 0.1) is 6.92 Å². The number of imidazole rings is 1. The summed E-state index contributed by atoms with van der Waals surface area (Å²) < 4.78 is 26.6. The molecule has 0 aliphatic carbocycles. The molecule has 3 aromatic rings. The Morgan fingerprint density at radius 2 is 1.71 bits per heavy atom. The second-order valence-corrected chi connectivity index (χ2v) is 8.82. The Bertz CT molecular complexity index is 1010. The molecular formula is C21H23N3O3S. The minimum Gasteiger partial charge on any atom is -0.352 e. The van der Waals surface area contributed by atoms with Crippen LogP contribution in [0.15, 0.2) is 72.1 Å². The van der Waals surface area contributed by atoms with Gasteiger partial charge in [0, 0.05) is 31.9 Å².